The molecule has 1 fully saturated rings. The molecular formula is C15H20N2O5S2. The highest BCUT2D eigenvalue weighted by Gasteiger charge is 2.39. The van der Waals surface area contributed by atoms with Crippen molar-refractivity contribution in [1.29, 1.82) is 0 Å². The molecule has 0 saturated carbocycles. The summed E-state index contributed by atoms with van der Waals surface area (Å²) >= 11 is 1.18. The smallest absolute Gasteiger partial charge is 0.317 e. The minimum Gasteiger partial charge on any atom is -0.481 e. The zero-order chi connectivity index (χ0) is 17.5. The van der Waals surface area contributed by atoms with Gasteiger partial charge in [0.1, 0.15) is 4.21 Å². The van der Waals surface area contributed by atoms with Gasteiger partial charge in [-0.15, -0.1) is 11.3 Å². The number of carbonyl (C=O) groups is 2. The summed E-state index contributed by atoms with van der Waals surface area (Å²) < 4.78 is 25.0. The Bertz CT molecular complexity index is 758. The number of piperidine rings is 1. The van der Waals surface area contributed by atoms with Gasteiger partial charge in [0, 0.05) is 18.7 Å². The number of hydrogen-bond donors (Lipinski definition) is 2. The lowest BCUT2D eigenvalue weighted by Gasteiger charge is -2.34. The lowest BCUT2D eigenvalue weighted by molar-refractivity contribution is -0.143. The van der Waals surface area contributed by atoms with Crippen LogP contribution in [0.3, 0.4) is 0 Å². The van der Waals surface area contributed by atoms with Crippen molar-refractivity contribution in [2.75, 3.05) is 13.1 Å². The van der Waals surface area contributed by atoms with E-state index in [-0.39, 0.29) is 18.6 Å². The van der Waals surface area contributed by atoms with Crippen molar-refractivity contribution in [3.63, 3.8) is 0 Å². The standard InChI is InChI=1S/C15H20N2O5S2/c1-9-7-12(11-4-6-23-14(11)24(9,21)22)16-15(20)17-5-2-3-10(8-17)13(18)19/h4,6,9-10,12H,2-3,5,7-8H2,1H3,(H,16,20)(H,18,19)/t9-,10?,12-/m0/s1. The van der Waals surface area contributed by atoms with Gasteiger partial charge in [0.05, 0.1) is 17.2 Å². The van der Waals surface area contributed by atoms with Crippen LogP contribution in [0.25, 0.3) is 0 Å². The molecule has 2 aliphatic rings. The summed E-state index contributed by atoms with van der Waals surface area (Å²) in [7, 11) is -3.32. The number of nitrogens with one attached hydrogen (secondary N) is 1. The topological polar surface area (TPSA) is 104 Å². The Balaban J connectivity index is 1.75. The van der Waals surface area contributed by atoms with Crippen molar-refractivity contribution >= 4 is 33.2 Å². The molecule has 3 atom stereocenters. The Morgan fingerprint density at radius 1 is 1.42 bits per heavy atom. The van der Waals surface area contributed by atoms with E-state index in [1.54, 1.807) is 18.4 Å². The van der Waals surface area contributed by atoms with Crippen LogP contribution in [-0.4, -0.2) is 48.8 Å². The summed E-state index contributed by atoms with van der Waals surface area (Å²) in [5, 5.41) is 13.2. The first-order chi connectivity index (χ1) is 11.3. The van der Waals surface area contributed by atoms with Crippen LogP contribution in [0.5, 0.6) is 0 Å². The average Bonchev–Trinajstić information content (AvgIpc) is 3.04. The second-order valence-corrected chi connectivity index (χ2v) is 9.86. The van der Waals surface area contributed by atoms with Crippen LogP contribution < -0.4 is 5.32 Å². The fourth-order valence-electron chi connectivity index (χ4n) is 3.30. The third-order valence-electron chi connectivity index (χ3n) is 4.75. The molecule has 0 spiro atoms. The van der Waals surface area contributed by atoms with Gasteiger partial charge < -0.3 is 15.3 Å². The Hall–Kier alpha value is -1.61. The number of carboxylic acids is 1. The average molecular weight is 372 g/mol. The molecule has 3 heterocycles. The maximum atomic E-state index is 12.5. The predicted molar refractivity (Wildman–Crippen MR) is 88.8 cm³/mol. The molecule has 2 aliphatic heterocycles. The fourth-order valence-corrected chi connectivity index (χ4v) is 6.53. The number of nitrogens with zero attached hydrogens (tertiary/aromatic N) is 1. The SMILES string of the molecule is C[C@H]1C[C@H](NC(=O)N2CCCC(C(=O)O)C2)c2ccsc2S1(=O)=O. The van der Waals surface area contributed by atoms with Crippen molar-refractivity contribution in [2.24, 2.45) is 5.92 Å². The van der Waals surface area contributed by atoms with Crippen molar-refractivity contribution in [3.8, 4) is 0 Å². The largest absolute Gasteiger partial charge is 0.481 e. The monoisotopic (exact) mass is 372 g/mol. The van der Waals surface area contributed by atoms with E-state index in [9.17, 15) is 18.0 Å². The summed E-state index contributed by atoms with van der Waals surface area (Å²) in [6.45, 7) is 2.36. The molecule has 9 heteroatoms. The number of carboxylic acid groups (broad SMARTS) is 1. The Labute approximate surface area is 144 Å². The molecule has 1 aromatic heterocycles. The van der Waals surface area contributed by atoms with Crippen molar-refractivity contribution < 1.29 is 23.1 Å². The van der Waals surface area contributed by atoms with Crippen LogP contribution in [0, 0.1) is 5.92 Å². The summed E-state index contributed by atoms with van der Waals surface area (Å²) in [4.78, 5) is 25.2. The number of aliphatic carboxylic acids is 1. The maximum absolute atomic E-state index is 12.5. The lowest BCUT2D eigenvalue weighted by atomic mass is 9.98. The van der Waals surface area contributed by atoms with Crippen LogP contribution >= 0.6 is 11.3 Å². The Kier molecular flexibility index (Phi) is 4.56. The van der Waals surface area contributed by atoms with Gasteiger partial charge >= 0.3 is 12.0 Å². The number of thiophene rings is 1. The molecule has 24 heavy (non-hydrogen) atoms. The molecule has 2 N–H and O–H groups in total. The number of rotatable bonds is 2. The minimum absolute atomic E-state index is 0.193. The molecule has 7 nitrogen and oxygen atoms in total. The first-order valence-corrected chi connectivity index (χ1v) is 10.3. The quantitative estimate of drug-likeness (QED) is 0.825. The summed E-state index contributed by atoms with van der Waals surface area (Å²) in [6, 6.07) is 1.06. The third kappa shape index (κ3) is 3.02. The van der Waals surface area contributed by atoms with Gasteiger partial charge in [-0.25, -0.2) is 13.2 Å². The van der Waals surface area contributed by atoms with E-state index in [1.807, 2.05) is 0 Å². The molecular weight excluding hydrogens is 352 g/mol. The second-order valence-electron chi connectivity index (χ2n) is 6.38. The first-order valence-electron chi connectivity index (χ1n) is 7.90. The highest BCUT2D eigenvalue weighted by atomic mass is 32.2. The number of likely N-dealkylation sites (tertiary alicyclic amines) is 1. The van der Waals surface area contributed by atoms with Crippen LogP contribution in [-0.2, 0) is 14.6 Å². The van der Waals surface area contributed by atoms with E-state index in [0.29, 0.717) is 35.6 Å². The fraction of sp³-hybridized carbons (Fsp3) is 0.600. The summed E-state index contributed by atoms with van der Waals surface area (Å²) in [5.74, 6) is -1.42. The Morgan fingerprint density at radius 3 is 2.88 bits per heavy atom. The van der Waals surface area contributed by atoms with Gasteiger partial charge in [0.15, 0.2) is 9.84 Å². The summed E-state index contributed by atoms with van der Waals surface area (Å²) in [5.41, 5.74) is 0.637. The van der Waals surface area contributed by atoms with Crippen LogP contribution in [0.4, 0.5) is 4.79 Å². The predicted octanol–water partition coefficient (Wildman–Crippen LogP) is 1.86. The van der Waals surface area contributed by atoms with Crippen molar-refractivity contribution in [1.82, 2.24) is 10.2 Å². The zero-order valence-corrected chi connectivity index (χ0v) is 14.9. The molecule has 0 aliphatic carbocycles. The van der Waals surface area contributed by atoms with E-state index in [0.717, 1.165) is 0 Å². The second kappa shape index (κ2) is 6.36. The van der Waals surface area contributed by atoms with Gasteiger partial charge in [-0.1, -0.05) is 0 Å². The van der Waals surface area contributed by atoms with Crippen molar-refractivity contribution in [2.45, 2.75) is 41.7 Å². The molecule has 132 valence electrons. The zero-order valence-electron chi connectivity index (χ0n) is 13.3. The van der Waals surface area contributed by atoms with E-state index in [1.165, 1.54) is 16.2 Å². The molecule has 3 rings (SSSR count). The van der Waals surface area contributed by atoms with E-state index < -0.39 is 27.0 Å². The number of carbonyl (C=O) groups excluding carboxylic acids is 1. The maximum Gasteiger partial charge on any atom is 0.317 e. The highest BCUT2D eigenvalue weighted by Crippen LogP contribution is 2.39. The minimum atomic E-state index is -3.32. The van der Waals surface area contributed by atoms with Crippen LogP contribution in [0.1, 0.15) is 37.8 Å². The third-order valence-corrected chi connectivity index (χ3v) is 8.46. The highest BCUT2D eigenvalue weighted by molar-refractivity contribution is 7.94. The van der Waals surface area contributed by atoms with Gasteiger partial charge in [-0.3, -0.25) is 4.79 Å². The number of hydrogen-bond acceptors (Lipinski definition) is 5. The van der Waals surface area contributed by atoms with E-state index in [4.69, 9.17) is 5.11 Å². The van der Waals surface area contributed by atoms with Gasteiger partial charge in [-0.05, 0) is 37.6 Å². The molecule has 1 unspecified atom stereocenters. The van der Waals surface area contributed by atoms with Crippen LogP contribution in [0.2, 0.25) is 0 Å². The number of amides is 2. The molecule has 1 aromatic rings. The van der Waals surface area contributed by atoms with Gasteiger partial charge in [0.2, 0.25) is 0 Å². The van der Waals surface area contributed by atoms with Gasteiger partial charge in [0.25, 0.3) is 0 Å². The summed E-state index contributed by atoms with van der Waals surface area (Å²) in [6.07, 6.45) is 1.56. The first kappa shape index (κ1) is 17.2. The molecule has 2 amide bonds. The lowest BCUT2D eigenvalue weighted by Crippen LogP contribution is -2.49. The van der Waals surface area contributed by atoms with Crippen molar-refractivity contribution in [3.05, 3.63) is 17.0 Å². The Morgan fingerprint density at radius 2 is 2.17 bits per heavy atom. The normalized spacial score (nSPS) is 28.9. The number of urea groups is 1. The molecule has 0 radical (unpaired) electrons. The van der Waals surface area contributed by atoms with E-state index in [2.05, 4.69) is 5.32 Å². The molecule has 0 aromatic carbocycles. The van der Waals surface area contributed by atoms with E-state index >= 15 is 0 Å². The molecule has 0 bridgehead atoms. The van der Waals surface area contributed by atoms with Gasteiger partial charge in [-0.2, -0.15) is 0 Å². The number of fused-ring (bicyclic) bond motifs is 1. The molecule has 1 saturated heterocycles. The van der Waals surface area contributed by atoms with Crippen LogP contribution in [0.15, 0.2) is 15.7 Å². The number of sulfone groups is 1.